The average Bonchev–Trinajstić information content (AvgIpc) is 3.44. The highest BCUT2D eigenvalue weighted by atomic mass is 32.2. The smallest absolute Gasteiger partial charge is 0.272 e. The molecule has 6 nitrogen and oxygen atoms in total. The van der Waals surface area contributed by atoms with Gasteiger partial charge in [0.2, 0.25) is 6.79 Å². The van der Waals surface area contributed by atoms with E-state index in [0.717, 1.165) is 5.56 Å². The molecule has 31 heavy (non-hydrogen) atoms. The third-order valence-electron chi connectivity index (χ3n) is 4.71. The van der Waals surface area contributed by atoms with Gasteiger partial charge in [0.25, 0.3) is 5.56 Å². The van der Waals surface area contributed by atoms with Crippen LogP contribution in [-0.2, 0) is 6.54 Å². The fraction of sp³-hybridized carbons (Fsp3) is 0.182. The molecule has 0 aliphatic carbocycles. The van der Waals surface area contributed by atoms with Gasteiger partial charge < -0.3 is 14.2 Å². The molecule has 9 heteroatoms. The summed E-state index contributed by atoms with van der Waals surface area (Å²) < 4.78 is 31.8. The Morgan fingerprint density at radius 2 is 1.97 bits per heavy atom. The second-order valence-corrected chi connectivity index (χ2v) is 8.74. The van der Waals surface area contributed by atoms with Gasteiger partial charge in [0, 0.05) is 5.75 Å². The monoisotopic (exact) mass is 456 g/mol. The fourth-order valence-corrected chi connectivity index (χ4v) is 4.81. The normalized spacial score (nSPS) is 12.4. The number of benzene rings is 2. The first kappa shape index (κ1) is 19.9. The molecular weight excluding hydrogens is 439 g/mol. The zero-order valence-corrected chi connectivity index (χ0v) is 17.9. The third-order valence-corrected chi connectivity index (χ3v) is 6.54. The van der Waals surface area contributed by atoms with Crippen LogP contribution in [0.4, 0.5) is 4.39 Å². The Labute approximate surface area is 185 Å². The molecule has 5 rings (SSSR count). The van der Waals surface area contributed by atoms with Crippen molar-refractivity contribution in [2.75, 3.05) is 19.2 Å². The molecule has 3 heterocycles. The van der Waals surface area contributed by atoms with Gasteiger partial charge in [-0.1, -0.05) is 17.8 Å². The van der Waals surface area contributed by atoms with E-state index in [1.807, 2.05) is 29.6 Å². The van der Waals surface area contributed by atoms with Crippen LogP contribution in [0, 0.1) is 5.82 Å². The van der Waals surface area contributed by atoms with Gasteiger partial charge in [-0.25, -0.2) is 9.37 Å². The third kappa shape index (κ3) is 4.24. The number of halogens is 1. The van der Waals surface area contributed by atoms with Crippen LogP contribution in [0.2, 0.25) is 0 Å². The summed E-state index contributed by atoms with van der Waals surface area (Å²) >= 11 is 2.84. The Kier molecular flexibility index (Phi) is 5.52. The van der Waals surface area contributed by atoms with E-state index in [4.69, 9.17) is 19.2 Å². The van der Waals surface area contributed by atoms with E-state index >= 15 is 0 Å². The number of thiophene rings is 1. The van der Waals surface area contributed by atoms with E-state index in [1.165, 1.54) is 35.2 Å². The van der Waals surface area contributed by atoms with Crippen LogP contribution in [0.3, 0.4) is 0 Å². The van der Waals surface area contributed by atoms with Gasteiger partial charge in [-0.15, -0.1) is 11.3 Å². The van der Waals surface area contributed by atoms with E-state index in [0.29, 0.717) is 51.5 Å². The molecule has 0 saturated heterocycles. The summed E-state index contributed by atoms with van der Waals surface area (Å²) in [5, 5.41) is 2.49. The summed E-state index contributed by atoms with van der Waals surface area (Å²) in [5.74, 6) is 2.26. The summed E-state index contributed by atoms with van der Waals surface area (Å²) in [6.45, 7) is 0.978. The van der Waals surface area contributed by atoms with Crippen LogP contribution in [0.1, 0.15) is 5.56 Å². The highest BCUT2D eigenvalue weighted by molar-refractivity contribution is 7.99. The second-order valence-electron chi connectivity index (χ2n) is 6.76. The van der Waals surface area contributed by atoms with Crippen molar-refractivity contribution < 1.29 is 18.6 Å². The first-order valence-electron chi connectivity index (χ1n) is 9.55. The lowest BCUT2D eigenvalue weighted by Crippen LogP contribution is -2.23. The number of hydrogen-bond acceptors (Lipinski definition) is 7. The predicted molar refractivity (Wildman–Crippen MR) is 118 cm³/mol. The summed E-state index contributed by atoms with van der Waals surface area (Å²) in [6.07, 6.45) is 0. The molecule has 0 N–H and O–H groups in total. The fourth-order valence-electron chi connectivity index (χ4n) is 3.22. The number of nitrogens with zero attached hydrogens (tertiary/aromatic N) is 2. The van der Waals surface area contributed by atoms with Crippen LogP contribution in [0.15, 0.2) is 63.9 Å². The van der Waals surface area contributed by atoms with Gasteiger partial charge >= 0.3 is 0 Å². The van der Waals surface area contributed by atoms with Gasteiger partial charge in [-0.2, -0.15) is 0 Å². The molecule has 0 atom stereocenters. The predicted octanol–water partition coefficient (Wildman–Crippen LogP) is 4.55. The molecule has 0 bridgehead atoms. The Bertz CT molecular complexity index is 1290. The van der Waals surface area contributed by atoms with Gasteiger partial charge in [0.1, 0.15) is 16.3 Å². The van der Waals surface area contributed by atoms with Gasteiger partial charge in [0.05, 0.1) is 18.7 Å². The largest absolute Gasteiger partial charge is 0.493 e. The van der Waals surface area contributed by atoms with Crippen molar-refractivity contribution in [2.24, 2.45) is 0 Å². The summed E-state index contributed by atoms with van der Waals surface area (Å²) in [6, 6.07) is 13.4. The van der Waals surface area contributed by atoms with Gasteiger partial charge in [-0.3, -0.25) is 9.36 Å². The van der Waals surface area contributed by atoms with Crippen molar-refractivity contribution in [3.05, 3.63) is 75.6 Å². The molecule has 158 valence electrons. The minimum atomic E-state index is -0.303. The van der Waals surface area contributed by atoms with Crippen LogP contribution in [-0.4, -0.2) is 28.7 Å². The topological polar surface area (TPSA) is 62.6 Å². The minimum Gasteiger partial charge on any atom is -0.493 e. The van der Waals surface area contributed by atoms with Gasteiger partial charge in [0.15, 0.2) is 16.7 Å². The van der Waals surface area contributed by atoms with Crippen molar-refractivity contribution in [1.29, 1.82) is 0 Å². The summed E-state index contributed by atoms with van der Waals surface area (Å²) in [4.78, 5) is 17.8. The van der Waals surface area contributed by atoms with Crippen LogP contribution in [0.5, 0.6) is 17.2 Å². The van der Waals surface area contributed by atoms with Crippen molar-refractivity contribution in [1.82, 2.24) is 9.55 Å². The molecule has 0 spiro atoms. The van der Waals surface area contributed by atoms with Crippen molar-refractivity contribution in [3.8, 4) is 17.2 Å². The molecule has 2 aromatic carbocycles. The van der Waals surface area contributed by atoms with Crippen LogP contribution in [0.25, 0.3) is 10.2 Å². The van der Waals surface area contributed by atoms with E-state index < -0.39 is 0 Å². The lowest BCUT2D eigenvalue weighted by Gasteiger charge is -2.13. The first-order valence-corrected chi connectivity index (χ1v) is 11.4. The molecule has 0 unspecified atom stereocenters. The van der Waals surface area contributed by atoms with Crippen LogP contribution >= 0.6 is 23.1 Å². The Morgan fingerprint density at radius 1 is 1.13 bits per heavy atom. The minimum absolute atomic E-state index is 0.0698. The number of aromatic nitrogens is 2. The molecule has 4 aromatic rings. The van der Waals surface area contributed by atoms with Crippen molar-refractivity contribution >= 4 is 33.3 Å². The van der Waals surface area contributed by atoms with Crippen molar-refractivity contribution in [2.45, 2.75) is 11.7 Å². The molecule has 0 radical (unpaired) electrons. The van der Waals surface area contributed by atoms with E-state index in [9.17, 15) is 9.18 Å². The molecular formula is C22H17FN2O4S2. The maximum atomic E-state index is 13.1. The second kappa shape index (κ2) is 8.60. The molecule has 0 amide bonds. The zero-order chi connectivity index (χ0) is 21.2. The summed E-state index contributed by atoms with van der Waals surface area (Å²) in [5.41, 5.74) is 1.55. The highest BCUT2D eigenvalue weighted by Gasteiger charge is 2.16. The number of thioether (sulfide) groups is 1. The lowest BCUT2D eigenvalue weighted by atomic mass is 10.2. The maximum absolute atomic E-state index is 13.1. The molecule has 2 aromatic heterocycles. The van der Waals surface area contributed by atoms with Crippen LogP contribution < -0.4 is 19.8 Å². The number of hydrogen-bond donors (Lipinski definition) is 0. The number of rotatable bonds is 7. The number of ether oxygens (including phenoxy) is 3. The first-order chi connectivity index (χ1) is 15.2. The molecule has 1 aliphatic heterocycles. The van der Waals surface area contributed by atoms with Gasteiger partial charge in [-0.05, 0) is 53.4 Å². The Hall–Kier alpha value is -3.04. The van der Waals surface area contributed by atoms with Crippen molar-refractivity contribution in [3.63, 3.8) is 0 Å². The van der Waals surface area contributed by atoms with E-state index in [-0.39, 0.29) is 18.2 Å². The Balaban J connectivity index is 1.36. The molecule has 1 aliphatic rings. The van der Waals surface area contributed by atoms with E-state index in [1.54, 1.807) is 16.7 Å². The standard InChI is InChI=1S/C22H17FN2O4S2/c23-15-2-4-16(5-3-15)27-8-10-31-22-24-17-7-9-30-20(17)21(26)25(22)12-14-1-6-18-19(11-14)29-13-28-18/h1-7,9,11H,8,10,12-13H2. The molecule has 0 saturated carbocycles. The number of fused-ring (bicyclic) bond motifs is 2. The average molecular weight is 457 g/mol. The molecule has 0 fully saturated rings. The maximum Gasteiger partial charge on any atom is 0.272 e. The van der Waals surface area contributed by atoms with E-state index in [2.05, 4.69) is 0 Å². The SMILES string of the molecule is O=c1c2sccc2nc(SCCOc2ccc(F)cc2)n1Cc1ccc2c(c1)OCO2. The Morgan fingerprint density at radius 3 is 2.84 bits per heavy atom. The summed E-state index contributed by atoms with van der Waals surface area (Å²) in [7, 11) is 0. The highest BCUT2D eigenvalue weighted by Crippen LogP contribution is 2.33. The zero-order valence-electron chi connectivity index (χ0n) is 16.2. The lowest BCUT2D eigenvalue weighted by molar-refractivity contribution is 0.174. The quantitative estimate of drug-likeness (QED) is 0.231.